The second-order valence-electron chi connectivity index (χ2n) is 11.1. The van der Waals surface area contributed by atoms with Crippen LogP contribution in [0.2, 0.25) is 0 Å². The van der Waals surface area contributed by atoms with Gasteiger partial charge in [0, 0.05) is 23.9 Å². The van der Waals surface area contributed by atoms with Crippen LogP contribution in [-0.4, -0.2) is 56.6 Å². The summed E-state index contributed by atoms with van der Waals surface area (Å²) in [6, 6.07) is 10.2. The monoisotopic (exact) mass is 547 g/mol. The van der Waals surface area contributed by atoms with Crippen molar-refractivity contribution in [2.45, 2.75) is 71.9 Å². The zero-order chi connectivity index (χ0) is 29.0. The van der Waals surface area contributed by atoms with E-state index in [9.17, 15) is 14.4 Å². The molecule has 10 heteroatoms. The number of hydrogen-bond donors (Lipinski definition) is 2. The molecule has 40 heavy (non-hydrogen) atoms. The molecule has 1 aromatic carbocycles. The molecule has 2 N–H and O–H groups in total. The smallest absolute Gasteiger partial charge is 0.410 e. The summed E-state index contributed by atoms with van der Waals surface area (Å²) >= 11 is 0. The van der Waals surface area contributed by atoms with Gasteiger partial charge in [-0.2, -0.15) is 0 Å². The molecule has 1 saturated heterocycles. The van der Waals surface area contributed by atoms with Crippen LogP contribution in [0.1, 0.15) is 98.6 Å². The quantitative estimate of drug-likeness (QED) is 0.342. The zero-order valence-electron chi connectivity index (χ0n) is 23.9. The Kier molecular flexibility index (Phi) is 8.56. The fraction of sp³-hybridized carbons (Fsp3) is 0.433. The average molecular weight is 548 g/mol. The van der Waals surface area contributed by atoms with Gasteiger partial charge in [-0.05, 0) is 76.3 Å². The van der Waals surface area contributed by atoms with Gasteiger partial charge in [0.15, 0.2) is 5.69 Å². The van der Waals surface area contributed by atoms with E-state index in [0.717, 1.165) is 12.0 Å². The minimum Gasteiger partial charge on any atom is -0.461 e. The van der Waals surface area contributed by atoms with E-state index in [4.69, 9.17) is 14.5 Å². The largest absolute Gasteiger partial charge is 0.461 e. The zero-order valence-corrected chi connectivity index (χ0v) is 23.9. The van der Waals surface area contributed by atoms with Gasteiger partial charge in [-0.3, -0.25) is 9.69 Å². The standard InChI is InChI=1S/C30H37N5O5/c1-7-39-28(37)25-24(33-26(34-25)22-9-8-16-35(22)29(38)40-30(4,5)6)19-10-12-20(13-11-19)27(36)32-23-17-21(18(2)3)14-15-31-23/h10-15,17-18,22H,7-9,16H2,1-6H3,(H,33,34)(H,31,32,36)/t22-/m0/s1. The maximum atomic E-state index is 12.9. The molecule has 0 aliphatic carbocycles. The molecule has 4 rings (SSSR count). The number of nitrogens with one attached hydrogen (secondary N) is 2. The van der Waals surface area contributed by atoms with E-state index < -0.39 is 17.7 Å². The molecule has 1 atom stereocenters. The molecule has 1 aliphatic rings. The van der Waals surface area contributed by atoms with Crippen molar-refractivity contribution in [3.63, 3.8) is 0 Å². The lowest BCUT2D eigenvalue weighted by Crippen LogP contribution is -2.36. The maximum absolute atomic E-state index is 12.9. The highest BCUT2D eigenvalue weighted by molar-refractivity contribution is 6.04. The lowest BCUT2D eigenvalue weighted by molar-refractivity contribution is 0.0218. The van der Waals surface area contributed by atoms with E-state index >= 15 is 0 Å². The first-order chi connectivity index (χ1) is 19.0. The van der Waals surface area contributed by atoms with Gasteiger partial charge >= 0.3 is 12.1 Å². The lowest BCUT2D eigenvalue weighted by Gasteiger charge is -2.27. The number of anilines is 1. The van der Waals surface area contributed by atoms with E-state index in [1.165, 1.54) is 0 Å². The molecule has 0 spiro atoms. The number of aromatic nitrogens is 3. The van der Waals surface area contributed by atoms with E-state index in [1.807, 2.05) is 32.9 Å². The molecule has 2 amide bonds. The Morgan fingerprint density at radius 3 is 2.52 bits per heavy atom. The number of esters is 1. The van der Waals surface area contributed by atoms with Crippen LogP contribution in [0.4, 0.5) is 10.6 Å². The van der Waals surface area contributed by atoms with Gasteiger partial charge in [0.25, 0.3) is 5.91 Å². The summed E-state index contributed by atoms with van der Waals surface area (Å²) in [5, 5.41) is 2.84. The molecular formula is C30H37N5O5. The lowest BCUT2D eigenvalue weighted by atomic mass is 10.0. The Hall–Kier alpha value is -4.21. The highest BCUT2D eigenvalue weighted by atomic mass is 16.6. The van der Waals surface area contributed by atoms with Crippen molar-refractivity contribution >= 4 is 23.8 Å². The number of H-pyrrole nitrogens is 1. The summed E-state index contributed by atoms with van der Waals surface area (Å²) in [5.74, 6) is 0.432. The van der Waals surface area contributed by atoms with Gasteiger partial charge in [0.1, 0.15) is 22.9 Å². The fourth-order valence-electron chi connectivity index (χ4n) is 4.54. The minimum absolute atomic E-state index is 0.194. The first kappa shape index (κ1) is 28.8. The van der Waals surface area contributed by atoms with E-state index in [2.05, 4.69) is 29.1 Å². The van der Waals surface area contributed by atoms with E-state index in [0.29, 0.717) is 47.3 Å². The number of benzene rings is 1. The van der Waals surface area contributed by atoms with E-state index in [-0.39, 0.29) is 24.2 Å². The molecule has 0 radical (unpaired) electrons. The molecule has 1 aliphatic heterocycles. The highest BCUT2D eigenvalue weighted by Gasteiger charge is 2.36. The van der Waals surface area contributed by atoms with Gasteiger partial charge < -0.3 is 19.8 Å². The van der Waals surface area contributed by atoms with Gasteiger partial charge in [0.05, 0.1) is 12.6 Å². The third kappa shape index (κ3) is 6.67. The SMILES string of the molecule is CCOC(=O)c1[nH]c([C@@H]2CCCN2C(=O)OC(C)(C)C)nc1-c1ccc(C(=O)Nc2cc(C(C)C)ccn2)cc1. The van der Waals surface area contributed by atoms with Crippen LogP contribution in [0, 0.1) is 0 Å². The highest BCUT2D eigenvalue weighted by Crippen LogP contribution is 2.34. The molecule has 10 nitrogen and oxygen atoms in total. The molecule has 0 saturated carbocycles. The summed E-state index contributed by atoms with van der Waals surface area (Å²) in [4.78, 5) is 52.3. The van der Waals surface area contributed by atoms with Crippen LogP contribution >= 0.6 is 0 Å². The second-order valence-corrected chi connectivity index (χ2v) is 11.1. The fourth-order valence-corrected chi connectivity index (χ4v) is 4.54. The van der Waals surface area contributed by atoms with Crippen molar-refractivity contribution in [3.05, 3.63) is 65.2 Å². The van der Waals surface area contributed by atoms with Crippen molar-refractivity contribution < 1.29 is 23.9 Å². The molecule has 3 heterocycles. The second kappa shape index (κ2) is 11.9. The number of ether oxygens (including phenoxy) is 2. The summed E-state index contributed by atoms with van der Waals surface area (Å²) in [6.45, 7) is 12.1. The number of pyridine rings is 1. The summed E-state index contributed by atoms with van der Waals surface area (Å²) in [5.41, 5.74) is 2.09. The molecule has 2 aromatic heterocycles. The number of nitrogens with zero attached hydrogens (tertiary/aromatic N) is 3. The van der Waals surface area contributed by atoms with Crippen LogP contribution in [0.15, 0.2) is 42.6 Å². The summed E-state index contributed by atoms with van der Waals surface area (Å²) < 4.78 is 10.9. The Balaban J connectivity index is 1.59. The van der Waals surface area contributed by atoms with Gasteiger partial charge in [-0.15, -0.1) is 0 Å². The third-order valence-electron chi connectivity index (χ3n) is 6.51. The average Bonchev–Trinajstić information content (AvgIpc) is 3.56. The van der Waals surface area contributed by atoms with Crippen molar-refractivity contribution in [1.82, 2.24) is 19.9 Å². The van der Waals surface area contributed by atoms with Gasteiger partial charge in [-0.25, -0.2) is 19.6 Å². The summed E-state index contributed by atoms with van der Waals surface area (Å²) in [7, 11) is 0. The molecule has 3 aromatic rings. The van der Waals surface area contributed by atoms with Crippen LogP contribution in [-0.2, 0) is 9.47 Å². The molecule has 212 valence electrons. The molecular weight excluding hydrogens is 510 g/mol. The number of carbonyl (C=O) groups is 3. The Morgan fingerprint density at radius 2 is 1.88 bits per heavy atom. The number of hydrogen-bond acceptors (Lipinski definition) is 7. The number of rotatable bonds is 7. The van der Waals surface area contributed by atoms with Crippen molar-refractivity contribution in [3.8, 4) is 11.3 Å². The first-order valence-corrected chi connectivity index (χ1v) is 13.6. The Labute approximate surface area is 234 Å². The van der Waals surface area contributed by atoms with Crippen molar-refractivity contribution in [2.75, 3.05) is 18.5 Å². The van der Waals surface area contributed by atoms with Crippen LogP contribution in [0.3, 0.4) is 0 Å². The summed E-state index contributed by atoms with van der Waals surface area (Å²) in [6.07, 6.45) is 2.72. The topological polar surface area (TPSA) is 127 Å². The maximum Gasteiger partial charge on any atom is 0.410 e. The van der Waals surface area contributed by atoms with Gasteiger partial charge in [-0.1, -0.05) is 26.0 Å². The normalized spacial score (nSPS) is 15.3. The van der Waals surface area contributed by atoms with Crippen LogP contribution < -0.4 is 5.32 Å². The number of likely N-dealkylation sites (tertiary alicyclic amines) is 1. The predicted octanol–water partition coefficient (Wildman–Crippen LogP) is 6.10. The Morgan fingerprint density at radius 1 is 1.15 bits per heavy atom. The molecule has 1 fully saturated rings. The predicted molar refractivity (Wildman–Crippen MR) is 151 cm³/mol. The number of amides is 2. The van der Waals surface area contributed by atoms with Crippen molar-refractivity contribution in [2.24, 2.45) is 0 Å². The van der Waals surface area contributed by atoms with Crippen LogP contribution in [0.5, 0.6) is 0 Å². The Bertz CT molecular complexity index is 1370. The van der Waals surface area contributed by atoms with Gasteiger partial charge in [0.2, 0.25) is 0 Å². The van der Waals surface area contributed by atoms with E-state index in [1.54, 1.807) is 42.3 Å². The number of aromatic amines is 1. The molecule has 0 unspecified atom stereocenters. The first-order valence-electron chi connectivity index (χ1n) is 13.6. The third-order valence-corrected chi connectivity index (χ3v) is 6.51. The molecule has 0 bridgehead atoms. The number of imidazole rings is 1. The number of carbonyl (C=O) groups excluding carboxylic acids is 3. The van der Waals surface area contributed by atoms with Crippen LogP contribution in [0.25, 0.3) is 11.3 Å². The van der Waals surface area contributed by atoms with Crippen molar-refractivity contribution in [1.29, 1.82) is 0 Å². The minimum atomic E-state index is -0.629.